The molecular formula is C14H32O4Si2. The third-order valence-electron chi connectivity index (χ3n) is 3.35. The Morgan fingerprint density at radius 2 is 0.800 bits per heavy atom. The summed E-state index contributed by atoms with van der Waals surface area (Å²) in [6.07, 6.45) is 4.18. The van der Waals surface area contributed by atoms with Gasteiger partial charge < -0.3 is 17.7 Å². The van der Waals surface area contributed by atoms with Crippen LogP contribution in [0.1, 0.15) is 53.4 Å². The van der Waals surface area contributed by atoms with Gasteiger partial charge in [0, 0.05) is 37.8 Å². The molecule has 1 rings (SSSR count). The van der Waals surface area contributed by atoms with Crippen LogP contribution in [0.2, 0.25) is 11.3 Å². The Bertz CT molecular complexity index is 214. The van der Waals surface area contributed by atoms with Gasteiger partial charge in [-0.2, -0.15) is 0 Å². The summed E-state index contributed by atoms with van der Waals surface area (Å²) in [5.41, 5.74) is 1.92. The Hall–Kier alpha value is 0.274. The highest BCUT2D eigenvalue weighted by Gasteiger charge is 2.65. The van der Waals surface area contributed by atoms with Crippen molar-refractivity contribution in [2.24, 2.45) is 0 Å². The summed E-state index contributed by atoms with van der Waals surface area (Å²) in [7, 11) is -4.02. The lowest BCUT2D eigenvalue weighted by Gasteiger charge is -2.49. The molecule has 0 aromatic carbocycles. The molecule has 1 aliphatic rings. The number of rotatable bonds is 12. The molecule has 0 amide bonds. The SMILES string of the molecule is CCCO[Si]1(OCCC)C[Si](OCCC)(OCCC)C1. The lowest BCUT2D eigenvalue weighted by molar-refractivity contribution is 0.124. The maximum absolute atomic E-state index is 6.12. The summed E-state index contributed by atoms with van der Waals surface area (Å²) < 4.78 is 24.5. The molecular weight excluding hydrogens is 288 g/mol. The van der Waals surface area contributed by atoms with Gasteiger partial charge in [0.05, 0.1) is 0 Å². The van der Waals surface area contributed by atoms with E-state index in [-0.39, 0.29) is 0 Å². The highest BCUT2D eigenvalue weighted by molar-refractivity contribution is 7.03. The van der Waals surface area contributed by atoms with Crippen molar-refractivity contribution in [1.82, 2.24) is 0 Å². The van der Waals surface area contributed by atoms with Crippen LogP contribution in [0.5, 0.6) is 0 Å². The third-order valence-corrected chi connectivity index (χ3v) is 14.9. The van der Waals surface area contributed by atoms with Gasteiger partial charge in [0.2, 0.25) is 0 Å². The first kappa shape index (κ1) is 18.3. The van der Waals surface area contributed by atoms with Gasteiger partial charge in [-0.15, -0.1) is 0 Å². The van der Waals surface area contributed by atoms with Crippen molar-refractivity contribution in [2.75, 3.05) is 26.4 Å². The maximum Gasteiger partial charge on any atom is 0.342 e. The Morgan fingerprint density at radius 3 is 1.00 bits per heavy atom. The van der Waals surface area contributed by atoms with Crippen LogP contribution >= 0.6 is 0 Å². The standard InChI is InChI=1S/C14H32O4Si2/c1-5-9-15-19(16-10-6-2)13-20(14-19,17-11-7-3)18-12-8-4/h5-14H2,1-4H3. The fourth-order valence-corrected chi connectivity index (χ4v) is 14.3. The molecule has 1 fully saturated rings. The second-order valence-corrected chi connectivity index (χ2v) is 13.2. The minimum absolute atomic E-state index is 0.808. The average Bonchev–Trinajstić information content (AvgIpc) is 2.43. The minimum atomic E-state index is -2.01. The van der Waals surface area contributed by atoms with Crippen LogP contribution in [-0.2, 0) is 17.7 Å². The van der Waals surface area contributed by atoms with E-state index in [4.69, 9.17) is 17.7 Å². The molecule has 1 saturated heterocycles. The van der Waals surface area contributed by atoms with Gasteiger partial charge in [-0.3, -0.25) is 0 Å². The topological polar surface area (TPSA) is 36.9 Å². The van der Waals surface area contributed by atoms with Gasteiger partial charge in [0.1, 0.15) is 0 Å². The summed E-state index contributed by atoms with van der Waals surface area (Å²) in [5, 5.41) is 0. The number of hydrogen-bond donors (Lipinski definition) is 0. The van der Waals surface area contributed by atoms with E-state index in [1.807, 2.05) is 0 Å². The van der Waals surface area contributed by atoms with E-state index >= 15 is 0 Å². The molecule has 0 spiro atoms. The van der Waals surface area contributed by atoms with E-state index in [2.05, 4.69) is 27.7 Å². The zero-order chi connectivity index (χ0) is 14.9. The van der Waals surface area contributed by atoms with Crippen molar-refractivity contribution in [1.29, 1.82) is 0 Å². The van der Waals surface area contributed by atoms with Crippen LogP contribution in [0, 0.1) is 0 Å². The molecule has 0 bridgehead atoms. The fraction of sp³-hybridized carbons (Fsp3) is 1.00. The maximum atomic E-state index is 6.12. The van der Waals surface area contributed by atoms with Crippen molar-refractivity contribution >= 4 is 17.1 Å². The molecule has 0 radical (unpaired) electrons. The Balaban J connectivity index is 2.57. The molecule has 0 atom stereocenters. The lowest BCUT2D eigenvalue weighted by Crippen LogP contribution is -2.69. The normalized spacial score (nSPS) is 19.8. The molecule has 4 nitrogen and oxygen atoms in total. The highest BCUT2D eigenvalue weighted by atomic mass is 28.5. The Labute approximate surface area is 126 Å². The second kappa shape index (κ2) is 9.32. The van der Waals surface area contributed by atoms with Crippen LogP contribution in [0.15, 0.2) is 0 Å². The molecule has 0 saturated carbocycles. The molecule has 1 heterocycles. The monoisotopic (exact) mass is 320 g/mol. The smallest absolute Gasteiger partial charge is 0.342 e. The fourth-order valence-electron chi connectivity index (χ4n) is 2.41. The van der Waals surface area contributed by atoms with Crippen molar-refractivity contribution in [3.8, 4) is 0 Å². The van der Waals surface area contributed by atoms with Crippen molar-refractivity contribution in [3.05, 3.63) is 0 Å². The van der Waals surface area contributed by atoms with E-state index in [1.165, 1.54) is 0 Å². The first-order chi connectivity index (χ1) is 9.66. The molecule has 20 heavy (non-hydrogen) atoms. The van der Waals surface area contributed by atoms with E-state index in [0.29, 0.717) is 0 Å². The van der Waals surface area contributed by atoms with Gasteiger partial charge in [-0.05, 0) is 25.7 Å². The van der Waals surface area contributed by atoms with E-state index in [1.54, 1.807) is 0 Å². The molecule has 0 aromatic rings. The predicted octanol–water partition coefficient (Wildman–Crippen LogP) is 3.67. The van der Waals surface area contributed by atoms with Crippen LogP contribution in [-0.4, -0.2) is 43.5 Å². The quantitative estimate of drug-likeness (QED) is 0.514. The summed E-state index contributed by atoms with van der Waals surface area (Å²) in [6.45, 7) is 11.8. The molecule has 120 valence electrons. The van der Waals surface area contributed by atoms with Crippen LogP contribution < -0.4 is 0 Å². The van der Waals surface area contributed by atoms with Gasteiger partial charge in [0.15, 0.2) is 0 Å². The zero-order valence-corrected chi connectivity index (χ0v) is 15.7. The molecule has 0 aliphatic carbocycles. The first-order valence-corrected chi connectivity index (χ1v) is 12.7. The van der Waals surface area contributed by atoms with Crippen molar-refractivity contribution in [2.45, 2.75) is 64.7 Å². The summed E-state index contributed by atoms with van der Waals surface area (Å²) >= 11 is 0. The molecule has 6 heteroatoms. The lowest BCUT2D eigenvalue weighted by atomic mass is 10.5. The third kappa shape index (κ3) is 5.23. The van der Waals surface area contributed by atoms with Gasteiger partial charge in [0.25, 0.3) is 0 Å². The Kier molecular flexibility index (Phi) is 8.54. The zero-order valence-electron chi connectivity index (χ0n) is 13.7. The van der Waals surface area contributed by atoms with E-state index in [9.17, 15) is 0 Å². The van der Waals surface area contributed by atoms with Crippen molar-refractivity contribution < 1.29 is 17.7 Å². The number of hydrogen-bond acceptors (Lipinski definition) is 4. The largest absolute Gasteiger partial charge is 0.394 e. The van der Waals surface area contributed by atoms with E-state index in [0.717, 1.165) is 63.4 Å². The molecule has 1 aliphatic heterocycles. The first-order valence-electron chi connectivity index (χ1n) is 8.21. The second-order valence-electron chi connectivity index (χ2n) is 5.57. The highest BCUT2D eigenvalue weighted by Crippen LogP contribution is 2.43. The summed E-state index contributed by atoms with van der Waals surface area (Å²) in [6, 6.07) is 0. The predicted molar refractivity (Wildman–Crippen MR) is 86.1 cm³/mol. The molecule has 0 N–H and O–H groups in total. The van der Waals surface area contributed by atoms with Crippen molar-refractivity contribution in [3.63, 3.8) is 0 Å². The van der Waals surface area contributed by atoms with Crippen LogP contribution in [0.4, 0.5) is 0 Å². The van der Waals surface area contributed by atoms with E-state index < -0.39 is 17.1 Å². The van der Waals surface area contributed by atoms with Gasteiger partial charge >= 0.3 is 17.1 Å². The Morgan fingerprint density at radius 1 is 0.550 bits per heavy atom. The molecule has 0 unspecified atom stereocenters. The van der Waals surface area contributed by atoms with Crippen LogP contribution in [0.25, 0.3) is 0 Å². The van der Waals surface area contributed by atoms with Gasteiger partial charge in [-0.1, -0.05) is 27.7 Å². The average molecular weight is 321 g/mol. The summed E-state index contributed by atoms with van der Waals surface area (Å²) in [5.74, 6) is 0. The molecule has 0 aromatic heterocycles. The minimum Gasteiger partial charge on any atom is -0.394 e. The van der Waals surface area contributed by atoms with Crippen LogP contribution in [0.3, 0.4) is 0 Å². The van der Waals surface area contributed by atoms with Gasteiger partial charge in [-0.25, -0.2) is 0 Å². The summed E-state index contributed by atoms with van der Waals surface area (Å²) in [4.78, 5) is 0.